The summed E-state index contributed by atoms with van der Waals surface area (Å²) in [5.41, 5.74) is 8.59. The summed E-state index contributed by atoms with van der Waals surface area (Å²) in [6, 6.07) is 4.69. The predicted octanol–water partition coefficient (Wildman–Crippen LogP) is 2.27. The minimum absolute atomic E-state index is 0.392. The highest BCUT2D eigenvalue weighted by Gasteiger charge is 2.18. The molecular formula is C16H25N3O. The van der Waals surface area contributed by atoms with Gasteiger partial charge < -0.3 is 15.8 Å². The molecule has 0 saturated heterocycles. The zero-order valence-corrected chi connectivity index (χ0v) is 12.1. The van der Waals surface area contributed by atoms with Crippen LogP contribution in [0, 0.1) is 0 Å². The van der Waals surface area contributed by atoms with Gasteiger partial charge in [0, 0.05) is 18.3 Å². The highest BCUT2D eigenvalue weighted by atomic mass is 16.5. The second-order valence-corrected chi connectivity index (χ2v) is 5.99. The van der Waals surface area contributed by atoms with Crippen LogP contribution in [0.3, 0.4) is 0 Å². The maximum atomic E-state index is 5.90. The summed E-state index contributed by atoms with van der Waals surface area (Å²) in [5, 5.41) is 3.36. The molecule has 0 amide bonds. The molecule has 2 aliphatic rings. The zero-order chi connectivity index (χ0) is 13.8. The van der Waals surface area contributed by atoms with Gasteiger partial charge in [-0.05, 0) is 56.6 Å². The lowest BCUT2D eigenvalue weighted by Crippen LogP contribution is -2.31. The number of rotatable bonds is 5. The quantitative estimate of drug-likeness (QED) is 0.809. The van der Waals surface area contributed by atoms with E-state index in [4.69, 9.17) is 10.5 Å². The summed E-state index contributed by atoms with van der Waals surface area (Å²) in [6.07, 6.45) is 8.40. The van der Waals surface area contributed by atoms with Gasteiger partial charge in [0.15, 0.2) is 0 Å². The molecule has 3 N–H and O–H groups in total. The first-order chi connectivity index (χ1) is 9.81. The number of ether oxygens (including phenoxy) is 1. The van der Waals surface area contributed by atoms with Crippen LogP contribution in [0.4, 0.5) is 5.82 Å². The van der Waals surface area contributed by atoms with Crippen LogP contribution in [0.25, 0.3) is 0 Å². The van der Waals surface area contributed by atoms with Crippen molar-refractivity contribution in [3.8, 4) is 0 Å². The van der Waals surface area contributed by atoms with Crippen LogP contribution in [-0.4, -0.2) is 30.3 Å². The van der Waals surface area contributed by atoms with Crippen molar-refractivity contribution < 1.29 is 4.74 Å². The number of nitrogens with zero attached hydrogens (tertiary/aromatic N) is 1. The number of aromatic nitrogens is 1. The average Bonchev–Trinajstić information content (AvgIpc) is 2.93. The van der Waals surface area contributed by atoms with Gasteiger partial charge in [0.05, 0.1) is 12.7 Å². The van der Waals surface area contributed by atoms with E-state index in [0.29, 0.717) is 12.1 Å². The first kappa shape index (κ1) is 13.8. The van der Waals surface area contributed by atoms with Crippen molar-refractivity contribution in [1.29, 1.82) is 0 Å². The van der Waals surface area contributed by atoms with Crippen LogP contribution < -0.4 is 11.1 Å². The number of pyridine rings is 1. The fourth-order valence-corrected chi connectivity index (χ4v) is 3.18. The molecule has 0 spiro atoms. The van der Waals surface area contributed by atoms with Gasteiger partial charge in [0.2, 0.25) is 0 Å². The molecule has 1 fully saturated rings. The third kappa shape index (κ3) is 3.49. The van der Waals surface area contributed by atoms with Gasteiger partial charge in [0.25, 0.3) is 0 Å². The Morgan fingerprint density at radius 2 is 2.05 bits per heavy atom. The average molecular weight is 275 g/mol. The summed E-state index contributed by atoms with van der Waals surface area (Å²) in [4.78, 5) is 4.66. The Bertz CT molecular complexity index is 441. The monoisotopic (exact) mass is 275 g/mol. The van der Waals surface area contributed by atoms with Crippen molar-refractivity contribution in [1.82, 2.24) is 4.98 Å². The standard InChI is InChI=1S/C16H25N3O/c17-13-5-7-14(8-6-13)20-11-10-18-16-9-4-12-2-1-3-15(12)19-16/h4,9,13-14H,1-3,5-8,10-11,17H2,(H,18,19). The second-order valence-electron chi connectivity index (χ2n) is 5.99. The molecule has 1 aromatic heterocycles. The minimum Gasteiger partial charge on any atom is -0.376 e. The lowest BCUT2D eigenvalue weighted by Gasteiger charge is -2.26. The van der Waals surface area contributed by atoms with Crippen molar-refractivity contribution in [2.75, 3.05) is 18.5 Å². The highest BCUT2D eigenvalue weighted by molar-refractivity contribution is 5.40. The van der Waals surface area contributed by atoms with Gasteiger partial charge in [-0.3, -0.25) is 0 Å². The third-order valence-electron chi connectivity index (χ3n) is 4.41. The maximum Gasteiger partial charge on any atom is 0.126 e. The molecule has 4 heteroatoms. The molecule has 0 unspecified atom stereocenters. The van der Waals surface area contributed by atoms with E-state index in [2.05, 4.69) is 22.4 Å². The Morgan fingerprint density at radius 3 is 2.90 bits per heavy atom. The number of nitrogens with two attached hydrogens (primary N) is 1. The van der Waals surface area contributed by atoms with E-state index in [1.54, 1.807) is 0 Å². The Balaban J connectivity index is 1.37. The fourth-order valence-electron chi connectivity index (χ4n) is 3.18. The smallest absolute Gasteiger partial charge is 0.126 e. The molecule has 0 radical (unpaired) electrons. The van der Waals surface area contributed by atoms with Gasteiger partial charge in [-0.15, -0.1) is 0 Å². The summed E-state index contributed by atoms with van der Waals surface area (Å²) in [6.45, 7) is 1.58. The summed E-state index contributed by atoms with van der Waals surface area (Å²) < 4.78 is 5.90. The summed E-state index contributed by atoms with van der Waals surface area (Å²) in [5.74, 6) is 0.986. The zero-order valence-electron chi connectivity index (χ0n) is 12.1. The topological polar surface area (TPSA) is 60.2 Å². The van der Waals surface area contributed by atoms with E-state index in [1.165, 1.54) is 24.1 Å². The molecule has 1 aromatic rings. The van der Waals surface area contributed by atoms with Crippen LogP contribution in [0.5, 0.6) is 0 Å². The fraction of sp³-hybridized carbons (Fsp3) is 0.688. The van der Waals surface area contributed by atoms with Gasteiger partial charge >= 0.3 is 0 Å². The third-order valence-corrected chi connectivity index (χ3v) is 4.41. The number of aryl methyl sites for hydroxylation is 2. The van der Waals surface area contributed by atoms with Crippen LogP contribution in [0.1, 0.15) is 43.4 Å². The van der Waals surface area contributed by atoms with Crippen LogP contribution >= 0.6 is 0 Å². The molecule has 0 aromatic carbocycles. The van der Waals surface area contributed by atoms with Gasteiger partial charge in [-0.2, -0.15) is 0 Å². The van der Waals surface area contributed by atoms with Gasteiger partial charge in [-0.1, -0.05) is 6.07 Å². The molecule has 1 saturated carbocycles. The maximum absolute atomic E-state index is 5.90. The molecular weight excluding hydrogens is 250 g/mol. The molecule has 1 heterocycles. The van der Waals surface area contributed by atoms with Crippen LogP contribution in [0.2, 0.25) is 0 Å². The Labute approximate surface area is 121 Å². The minimum atomic E-state index is 0.392. The lowest BCUT2D eigenvalue weighted by atomic mass is 9.94. The predicted molar refractivity (Wildman–Crippen MR) is 80.9 cm³/mol. The Kier molecular flexibility index (Phi) is 4.53. The first-order valence-corrected chi connectivity index (χ1v) is 7.91. The first-order valence-electron chi connectivity index (χ1n) is 7.91. The van der Waals surface area contributed by atoms with E-state index in [0.717, 1.165) is 51.1 Å². The normalized spacial score (nSPS) is 25.4. The van der Waals surface area contributed by atoms with E-state index in [1.807, 2.05) is 0 Å². The summed E-state index contributed by atoms with van der Waals surface area (Å²) in [7, 11) is 0. The Hall–Kier alpha value is -1.13. The van der Waals surface area contributed by atoms with E-state index in [9.17, 15) is 0 Å². The van der Waals surface area contributed by atoms with Gasteiger partial charge in [-0.25, -0.2) is 4.98 Å². The van der Waals surface area contributed by atoms with Crippen LogP contribution in [0.15, 0.2) is 12.1 Å². The molecule has 0 atom stereocenters. The number of hydrogen-bond acceptors (Lipinski definition) is 4. The Morgan fingerprint density at radius 1 is 1.20 bits per heavy atom. The van der Waals surface area contributed by atoms with Gasteiger partial charge in [0.1, 0.15) is 5.82 Å². The molecule has 2 aliphatic carbocycles. The highest BCUT2D eigenvalue weighted by Crippen LogP contribution is 2.22. The molecule has 0 aliphatic heterocycles. The van der Waals surface area contributed by atoms with Crippen molar-refractivity contribution in [3.05, 3.63) is 23.4 Å². The molecule has 20 heavy (non-hydrogen) atoms. The number of fused-ring (bicyclic) bond motifs is 1. The molecule has 110 valence electrons. The van der Waals surface area contributed by atoms with E-state index >= 15 is 0 Å². The second kappa shape index (κ2) is 6.55. The van der Waals surface area contributed by atoms with Crippen molar-refractivity contribution in [2.45, 2.75) is 57.1 Å². The van der Waals surface area contributed by atoms with Crippen molar-refractivity contribution >= 4 is 5.82 Å². The van der Waals surface area contributed by atoms with E-state index in [-0.39, 0.29) is 0 Å². The van der Waals surface area contributed by atoms with Crippen molar-refractivity contribution in [2.24, 2.45) is 5.73 Å². The lowest BCUT2D eigenvalue weighted by molar-refractivity contribution is 0.0313. The number of nitrogens with one attached hydrogen (secondary N) is 1. The van der Waals surface area contributed by atoms with E-state index < -0.39 is 0 Å². The largest absolute Gasteiger partial charge is 0.376 e. The molecule has 3 rings (SSSR count). The number of anilines is 1. The number of hydrogen-bond donors (Lipinski definition) is 2. The van der Waals surface area contributed by atoms with Crippen molar-refractivity contribution in [3.63, 3.8) is 0 Å². The summed E-state index contributed by atoms with van der Waals surface area (Å²) >= 11 is 0. The molecule has 4 nitrogen and oxygen atoms in total. The van der Waals surface area contributed by atoms with Crippen LogP contribution in [-0.2, 0) is 17.6 Å². The SMILES string of the molecule is NC1CCC(OCCNc2ccc3c(n2)CCC3)CC1. The molecule has 0 bridgehead atoms.